The Kier molecular flexibility index (Phi) is 8.22. The first-order valence-electron chi connectivity index (χ1n) is 7.54. The second kappa shape index (κ2) is 9.64. The summed E-state index contributed by atoms with van der Waals surface area (Å²) >= 11 is 0. The Bertz CT molecular complexity index is 631. The molecule has 3 aromatic rings. The van der Waals surface area contributed by atoms with Crippen molar-refractivity contribution in [3.63, 3.8) is 0 Å². The maximum Gasteiger partial charge on any atom is 0.115 e. The summed E-state index contributed by atoms with van der Waals surface area (Å²) in [5, 5.41) is 4.23. The fraction of sp³-hybridized carbons (Fsp3) is 0.0476. The normalized spacial score (nSPS) is 10.2. The summed E-state index contributed by atoms with van der Waals surface area (Å²) in [6, 6.07) is 32.7. The largest absolute Gasteiger partial charge is 0.147 e. The summed E-state index contributed by atoms with van der Waals surface area (Å²) in [7, 11) is -1.67. The molecule has 3 rings (SSSR count). The summed E-state index contributed by atoms with van der Waals surface area (Å²) in [4.78, 5) is 0. The number of halogens is 2. The zero-order chi connectivity index (χ0) is 15.3. The van der Waals surface area contributed by atoms with Crippen molar-refractivity contribution in [2.75, 3.05) is 6.16 Å². The van der Waals surface area contributed by atoms with Crippen LogP contribution in [0.1, 0.15) is 0 Å². The van der Waals surface area contributed by atoms with E-state index in [1.807, 2.05) is 0 Å². The Morgan fingerprint density at radius 3 is 1.12 bits per heavy atom. The van der Waals surface area contributed by atoms with Crippen molar-refractivity contribution >= 4 is 48.0 Å². The minimum atomic E-state index is -1.67. The lowest BCUT2D eigenvalue weighted by Gasteiger charge is -2.26. The van der Waals surface area contributed by atoms with Crippen LogP contribution < -0.4 is 15.9 Å². The molecule has 0 amide bonds. The van der Waals surface area contributed by atoms with Crippen LogP contribution in [0.25, 0.3) is 0 Å². The van der Waals surface area contributed by atoms with Crippen molar-refractivity contribution in [1.29, 1.82) is 0 Å². The minimum Gasteiger partial charge on any atom is -0.147 e. The van der Waals surface area contributed by atoms with E-state index < -0.39 is 7.26 Å². The molecule has 0 heterocycles. The molecule has 0 aliphatic carbocycles. The molecule has 0 saturated carbocycles. The van der Waals surface area contributed by atoms with E-state index in [0.29, 0.717) is 0 Å². The third-order valence-electron chi connectivity index (χ3n) is 3.99. The number of hydrogen-bond acceptors (Lipinski definition) is 0. The molecule has 0 nitrogen and oxygen atoms in total. The van der Waals surface area contributed by atoms with Crippen molar-refractivity contribution in [3.05, 3.63) is 104 Å². The summed E-state index contributed by atoms with van der Waals surface area (Å²) < 4.78 is 0. The summed E-state index contributed by atoms with van der Waals surface area (Å²) in [5.74, 6) is 0. The molecule has 0 bridgehead atoms. The molecule has 3 aromatic carbocycles. The van der Waals surface area contributed by atoms with Gasteiger partial charge in [-0.1, -0.05) is 67.3 Å². The van der Waals surface area contributed by atoms with Crippen LogP contribution in [-0.4, -0.2) is 6.16 Å². The molecule has 0 aromatic heterocycles. The minimum absolute atomic E-state index is 0. The molecule has 124 valence electrons. The van der Waals surface area contributed by atoms with Crippen molar-refractivity contribution in [2.24, 2.45) is 0 Å². The second-order valence-electron chi connectivity index (χ2n) is 5.29. The zero-order valence-corrected chi connectivity index (χ0v) is 15.9. The molecule has 0 N–H and O–H groups in total. The van der Waals surface area contributed by atoms with Gasteiger partial charge < -0.3 is 0 Å². The van der Waals surface area contributed by atoms with E-state index in [-0.39, 0.29) is 24.8 Å². The van der Waals surface area contributed by atoms with Gasteiger partial charge >= 0.3 is 0 Å². The van der Waals surface area contributed by atoms with Gasteiger partial charge in [-0.25, -0.2) is 0 Å². The average molecular weight is 376 g/mol. The smallest absolute Gasteiger partial charge is 0.115 e. The van der Waals surface area contributed by atoms with Gasteiger partial charge in [0.15, 0.2) is 0 Å². The Morgan fingerprint density at radius 2 is 0.875 bits per heavy atom. The van der Waals surface area contributed by atoms with Gasteiger partial charge in [0.2, 0.25) is 0 Å². The van der Waals surface area contributed by atoms with E-state index in [2.05, 4.69) is 104 Å². The van der Waals surface area contributed by atoms with Gasteiger partial charge in [0, 0.05) is 0 Å². The van der Waals surface area contributed by atoms with Crippen molar-refractivity contribution in [3.8, 4) is 0 Å². The monoisotopic (exact) mass is 375 g/mol. The zero-order valence-electron chi connectivity index (χ0n) is 13.4. The Labute approximate surface area is 157 Å². The highest BCUT2D eigenvalue weighted by Gasteiger charge is 2.43. The predicted octanol–water partition coefficient (Wildman–Crippen LogP) is 5.01. The molecule has 0 spiro atoms. The van der Waals surface area contributed by atoms with Crippen LogP contribution in [0, 0.1) is 0 Å². The van der Waals surface area contributed by atoms with Crippen LogP contribution in [0.15, 0.2) is 104 Å². The molecule has 0 saturated heterocycles. The highest BCUT2D eigenvalue weighted by atomic mass is 35.5. The molecule has 0 atom stereocenters. The molecule has 0 unspecified atom stereocenters. The molecule has 0 aliphatic heterocycles. The van der Waals surface area contributed by atoms with Gasteiger partial charge in [0.1, 0.15) is 23.2 Å². The van der Waals surface area contributed by atoms with E-state index in [9.17, 15) is 0 Å². The van der Waals surface area contributed by atoms with Gasteiger partial charge in [0.25, 0.3) is 0 Å². The Morgan fingerprint density at radius 1 is 0.583 bits per heavy atom. The Hall–Kier alpha value is -1.59. The maximum absolute atomic E-state index is 4.05. The Balaban J connectivity index is 0.00000144. The summed E-state index contributed by atoms with van der Waals surface area (Å²) in [6.45, 7) is 4.05. The van der Waals surface area contributed by atoms with Crippen molar-refractivity contribution < 1.29 is 0 Å². The lowest BCUT2D eigenvalue weighted by Crippen LogP contribution is -2.32. The molecule has 0 radical (unpaired) electrons. The molecule has 3 heteroatoms. The van der Waals surface area contributed by atoms with Crippen LogP contribution in [-0.2, 0) is 0 Å². The first-order valence-corrected chi connectivity index (χ1v) is 9.51. The van der Waals surface area contributed by atoms with Crippen molar-refractivity contribution in [1.82, 2.24) is 0 Å². The van der Waals surface area contributed by atoms with E-state index in [1.54, 1.807) is 0 Å². The van der Waals surface area contributed by atoms with E-state index in [4.69, 9.17) is 0 Å². The molecule has 0 aliphatic rings. The lowest BCUT2D eigenvalue weighted by atomic mass is 10.4. The van der Waals surface area contributed by atoms with Crippen molar-refractivity contribution in [2.45, 2.75) is 0 Å². The SMILES string of the molecule is C=CC[P+](c1ccccc1)(c1ccccc1)c1ccccc1.Cl.Cl. The predicted molar refractivity (Wildman–Crippen MR) is 115 cm³/mol. The second-order valence-corrected chi connectivity index (χ2v) is 8.82. The molecular formula is C21H22Cl2P+. The van der Waals surface area contributed by atoms with E-state index in [1.165, 1.54) is 15.9 Å². The molecule has 24 heavy (non-hydrogen) atoms. The maximum atomic E-state index is 4.05. The van der Waals surface area contributed by atoms with Gasteiger partial charge in [0.05, 0.1) is 6.16 Å². The van der Waals surface area contributed by atoms with Crippen LogP contribution in [0.3, 0.4) is 0 Å². The van der Waals surface area contributed by atoms with Crippen LogP contribution >= 0.6 is 32.1 Å². The third kappa shape index (κ3) is 3.90. The topological polar surface area (TPSA) is 0 Å². The van der Waals surface area contributed by atoms with Gasteiger partial charge in [-0.15, -0.1) is 24.8 Å². The molecular weight excluding hydrogens is 354 g/mol. The summed E-state index contributed by atoms with van der Waals surface area (Å²) in [6.07, 6.45) is 3.05. The van der Waals surface area contributed by atoms with Crippen LogP contribution in [0.4, 0.5) is 0 Å². The average Bonchev–Trinajstić information content (AvgIpc) is 2.62. The lowest BCUT2D eigenvalue weighted by molar-refractivity contribution is 1.66. The van der Waals surface area contributed by atoms with Crippen LogP contribution in [0.2, 0.25) is 0 Å². The van der Waals surface area contributed by atoms with Crippen LogP contribution in [0.5, 0.6) is 0 Å². The van der Waals surface area contributed by atoms with Gasteiger partial charge in [-0.05, 0) is 36.4 Å². The van der Waals surface area contributed by atoms with E-state index in [0.717, 1.165) is 6.16 Å². The number of benzene rings is 3. The van der Waals surface area contributed by atoms with E-state index >= 15 is 0 Å². The molecule has 0 fully saturated rings. The third-order valence-corrected chi connectivity index (χ3v) is 8.34. The fourth-order valence-corrected chi connectivity index (χ4v) is 6.96. The standard InChI is InChI=1S/C21H20P.2ClH/c1-2-18-22(19-12-6-3-7-13-19,20-14-8-4-9-15-20)21-16-10-5-11-17-21;;/h2-17H,1,18H2;2*1H/q+1;;. The fourth-order valence-electron chi connectivity index (χ4n) is 3.00. The highest BCUT2D eigenvalue weighted by Crippen LogP contribution is 2.55. The highest BCUT2D eigenvalue weighted by molar-refractivity contribution is 7.95. The first-order chi connectivity index (χ1) is 10.9. The number of allylic oxidation sites excluding steroid dienone is 1. The first kappa shape index (κ1) is 20.5. The van der Waals surface area contributed by atoms with Gasteiger partial charge in [-0.3, -0.25) is 0 Å². The number of hydrogen-bond donors (Lipinski definition) is 0. The quantitative estimate of drug-likeness (QED) is 0.434. The number of rotatable bonds is 5. The summed E-state index contributed by atoms with van der Waals surface area (Å²) in [5.41, 5.74) is 0. The van der Waals surface area contributed by atoms with Gasteiger partial charge in [-0.2, -0.15) is 0 Å².